The molecule has 0 aliphatic heterocycles. The van der Waals surface area contributed by atoms with Gasteiger partial charge in [0.2, 0.25) is 5.16 Å². The fourth-order valence-corrected chi connectivity index (χ4v) is 3.05. The summed E-state index contributed by atoms with van der Waals surface area (Å²) in [5.74, 6) is 0.735. The number of Topliss-reactive ketones (excluding diaryl/α,β-unsaturated/α-hetero) is 1. The summed E-state index contributed by atoms with van der Waals surface area (Å²) in [6.07, 6.45) is 0. The second-order valence-corrected chi connectivity index (χ2v) is 6.19. The molecule has 0 spiro atoms. The Hall–Kier alpha value is -1.92. The van der Waals surface area contributed by atoms with E-state index in [2.05, 4.69) is 15.1 Å². The Morgan fingerprint density at radius 2 is 2.05 bits per heavy atom. The number of fused-ring (bicyclic) bond motifs is 1. The molecule has 0 amide bonds. The van der Waals surface area contributed by atoms with Gasteiger partial charge in [-0.15, -0.1) is 5.10 Å². The average molecular weight is 333 g/mol. The van der Waals surface area contributed by atoms with Gasteiger partial charge in [0.25, 0.3) is 5.78 Å². The molecule has 0 aliphatic rings. The summed E-state index contributed by atoms with van der Waals surface area (Å²) in [6, 6.07) is 8.96. The molecule has 0 fully saturated rings. The molecule has 3 rings (SSSR count). The molecule has 2 aromatic heterocycles. The third-order valence-corrected chi connectivity index (χ3v) is 4.27. The van der Waals surface area contributed by atoms with Crippen molar-refractivity contribution in [3.8, 4) is 0 Å². The maximum atomic E-state index is 12.2. The molecule has 0 aliphatic carbocycles. The molecular formula is C15H13ClN4OS. The first kappa shape index (κ1) is 15.0. The summed E-state index contributed by atoms with van der Waals surface area (Å²) in [4.78, 5) is 20.9. The molecule has 0 N–H and O–H groups in total. The Morgan fingerprint density at radius 1 is 1.27 bits per heavy atom. The predicted octanol–water partition coefficient (Wildman–Crippen LogP) is 3.37. The Balaban J connectivity index is 1.78. The van der Waals surface area contributed by atoms with E-state index < -0.39 is 0 Å². The Kier molecular flexibility index (Phi) is 4.13. The molecule has 7 heteroatoms. The van der Waals surface area contributed by atoms with Crippen LogP contribution in [0.5, 0.6) is 0 Å². The van der Waals surface area contributed by atoms with Gasteiger partial charge in [0.1, 0.15) is 0 Å². The molecule has 2 heterocycles. The fraction of sp³-hybridized carbons (Fsp3) is 0.200. The first-order valence-electron chi connectivity index (χ1n) is 6.66. The second kappa shape index (κ2) is 6.06. The van der Waals surface area contributed by atoms with Crippen molar-refractivity contribution in [2.75, 3.05) is 5.75 Å². The van der Waals surface area contributed by atoms with Crippen LogP contribution in [0.2, 0.25) is 5.02 Å². The van der Waals surface area contributed by atoms with Crippen LogP contribution in [0.4, 0.5) is 0 Å². The number of thioether (sulfide) groups is 1. The maximum absolute atomic E-state index is 12.2. The van der Waals surface area contributed by atoms with Gasteiger partial charge in [0, 0.05) is 17.0 Å². The summed E-state index contributed by atoms with van der Waals surface area (Å²) in [5, 5.41) is 5.35. The zero-order chi connectivity index (χ0) is 15.7. The minimum Gasteiger partial charge on any atom is -0.293 e. The van der Waals surface area contributed by atoms with Crippen LogP contribution >= 0.6 is 23.4 Å². The second-order valence-electron chi connectivity index (χ2n) is 4.84. The number of aromatic nitrogens is 4. The summed E-state index contributed by atoms with van der Waals surface area (Å²) in [5.41, 5.74) is 2.37. The SMILES string of the molecule is Cc1cc(C)n2nc(SCC(=O)c3ccccc3Cl)nc2n1. The summed E-state index contributed by atoms with van der Waals surface area (Å²) < 4.78 is 1.68. The molecule has 112 valence electrons. The summed E-state index contributed by atoms with van der Waals surface area (Å²) in [7, 11) is 0. The lowest BCUT2D eigenvalue weighted by Gasteiger charge is -2.01. The lowest BCUT2D eigenvalue weighted by atomic mass is 10.1. The molecular weight excluding hydrogens is 320 g/mol. The van der Waals surface area contributed by atoms with Gasteiger partial charge >= 0.3 is 0 Å². The van der Waals surface area contributed by atoms with E-state index in [1.54, 1.807) is 28.8 Å². The van der Waals surface area contributed by atoms with Crippen molar-refractivity contribution in [1.29, 1.82) is 0 Å². The van der Waals surface area contributed by atoms with Gasteiger partial charge in [-0.25, -0.2) is 9.50 Å². The number of hydrogen-bond donors (Lipinski definition) is 0. The number of hydrogen-bond acceptors (Lipinski definition) is 5. The number of halogens is 1. The van der Waals surface area contributed by atoms with E-state index in [1.165, 1.54) is 11.8 Å². The molecule has 0 saturated carbocycles. The normalized spacial score (nSPS) is 11.0. The smallest absolute Gasteiger partial charge is 0.253 e. The molecule has 0 bridgehead atoms. The minimum absolute atomic E-state index is 0.0460. The third-order valence-electron chi connectivity index (χ3n) is 3.11. The number of ketones is 1. The van der Waals surface area contributed by atoms with Crippen LogP contribution in [-0.2, 0) is 0 Å². The van der Waals surface area contributed by atoms with Crippen molar-refractivity contribution in [2.24, 2.45) is 0 Å². The largest absolute Gasteiger partial charge is 0.293 e. The molecule has 0 saturated heterocycles. The van der Waals surface area contributed by atoms with Crippen molar-refractivity contribution in [2.45, 2.75) is 19.0 Å². The zero-order valence-corrected chi connectivity index (χ0v) is 13.6. The van der Waals surface area contributed by atoms with E-state index in [4.69, 9.17) is 11.6 Å². The molecule has 0 atom stereocenters. The number of nitrogens with zero attached hydrogens (tertiary/aromatic N) is 4. The first-order valence-corrected chi connectivity index (χ1v) is 8.02. The average Bonchev–Trinajstić information content (AvgIpc) is 2.88. The number of aryl methyl sites for hydroxylation is 2. The highest BCUT2D eigenvalue weighted by atomic mass is 35.5. The third kappa shape index (κ3) is 2.98. The van der Waals surface area contributed by atoms with E-state index in [9.17, 15) is 4.79 Å². The van der Waals surface area contributed by atoms with E-state index in [0.717, 1.165) is 11.4 Å². The number of rotatable bonds is 4. The number of carbonyl (C=O) groups excluding carboxylic acids is 1. The Labute approximate surface area is 136 Å². The lowest BCUT2D eigenvalue weighted by molar-refractivity contribution is 0.102. The van der Waals surface area contributed by atoms with Crippen molar-refractivity contribution in [3.05, 3.63) is 52.3 Å². The van der Waals surface area contributed by atoms with Crippen LogP contribution < -0.4 is 0 Å². The molecule has 1 aromatic carbocycles. The molecule has 22 heavy (non-hydrogen) atoms. The van der Waals surface area contributed by atoms with Crippen LogP contribution in [0.15, 0.2) is 35.5 Å². The monoisotopic (exact) mass is 332 g/mol. The van der Waals surface area contributed by atoms with Gasteiger partial charge in [0.05, 0.1) is 10.8 Å². The zero-order valence-electron chi connectivity index (χ0n) is 12.1. The Morgan fingerprint density at radius 3 is 2.82 bits per heavy atom. The van der Waals surface area contributed by atoms with Gasteiger partial charge in [0.15, 0.2) is 5.78 Å². The highest BCUT2D eigenvalue weighted by Gasteiger charge is 2.13. The molecule has 5 nitrogen and oxygen atoms in total. The summed E-state index contributed by atoms with van der Waals surface area (Å²) in [6.45, 7) is 3.86. The quantitative estimate of drug-likeness (QED) is 0.541. The Bertz CT molecular complexity index is 862. The lowest BCUT2D eigenvalue weighted by Crippen LogP contribution is -2.03. The van der Waals surface area contributed by atoms with Crippen LogP contribution in [-0.4, -0.2) is 31.1 Å². The number of carbonyl (C=O) groups is 1. The van der Waals surface area contributed by atoms with Gasteiger partial charge in [-0.05, 0) is 32.0 Å². The summed E-state index contributed by atoms with van der Waals surface area (Å²) >= 11 is 7.31. The van der Waals surface area contributed by atoms with Crippen LogP contribution in [0.25, 0.3) is 5.78 Å². The predicted molar refractivity (Wildman–Crippen MR) is 86.8 cm³/mol. The van der Waals surface area contributed by atoms with Crippen molar-refractivity contribution in [1.82, 2.24) is 19.6 Å². The number of benzene rings is 1. The van der Waals surface area contributed by atoms with E-state index in [-0.39, 0.29) is 11.5 Å². The van der Waals surface area contributed by atoms with Crippen LogP contribution in [0.3, 0.4) is 0 Å². The minimum atomic E-state index is -0.0460. The highest BCUT2D eigenvalue weighted by Crippen LogP contribution is 2.20. The topological polar surface area (TPSA) is 60.2 Å². The van der Waals surface area contributed by atoms with E-state index in [0.29, 0.717) is 21.5 Å². The fourth-order valence-electron chi connectivity index (χ4n) is 2.10. The highest BCUT2D eigenvalue weighted by molar-refractivity contribution is 7.99. The van der Waals surface area contributed by atoms with Gasteiger partial charge in [-0.2, -0.15) is 4.98 Å². The van der Waals surface area contributed by atoms with Crippen LogP contribution in [0.1, 0.15) is 21.7 Å². The van der Waals surface area contributed by atoms with Crippen molar-refractivity contribution < 1.29 is 4.79 Å². The molecule has 3 aromatic rings. The van der Waals surface area contributed by atoms with Crippen molar-refractivity contribution >= 4 is 34.9 Å². The van der Waals surface area contributed by atoms with Gasteiger partial charge in [-0.3, -0.25) is 4.79 Å². The van der Waals surface area contributed by atoms with Crippen molar-refractivity contribution in [3.63, 3.8) is 0 Å². The standard InChI is InChI=1S/C15H13ClN4OS/c1-9-7-10(2)20-14(17-9)18-15(19-20)22-8-13(21)11-5-3-4-6-12(11)16/h3-7H,8H2,1-2H3. The van der Waals surface area contributed by atoms with Gasteiger partial charge < -0.3 is 0 Å². The first-order chi connectivity index (χ1) is 10.5. The van der Waals surface area contributed by atoms with Crippen LogP contribution in [0, 0.1) is 13.8 Å². The maximum Gasteiger partial charge on any atom is 0.253 e. The van der Waals surface area contributed by atoms with E-state index >= 15 is 0 Å². The molecule has 0 unspecified atom stereocenters. The van der Waals surface area contributed by atoms with E-state index in [1.807, 2.05) is 19.9 Å². The van der Waals surface area contributed by atoms with Gasteiger partial charge in [-0.1, -0.05) is 35.5 Å². The molecule has 0 radical (unpaired) electrons.